The topological polar surface area (TPSA) is 72.2 Å². The summed E-state index contributed by atoms with van der Waals surface area (Å²) in [4.78, 5) is 3.48. The average Bonchev–Trinajstić information content (AvgIpc) is 2.50. The highest BCUT2D eigenvalue weighted by Gasteiger charge is 2.20. The second-order valence-electron chi connectivity index (χ2n) is 7.27. The number of rotatable bonds is 6. The maximum absolute atomic E-state index is 9.75. The molecular weight excluding hydrogens is 349 g/mol. The molecule has 9 heteroatoms. The number of guanidine groups is 1. The molecule has 0 aromatic heterocycles. The van der Waals surface area contributed by atoms with E-state index in [9.17, 15) is 22.4 Å². The summed E-state index contributed by atoms with van der Waals surface area (Å²) in [6.45, 7) is 4.08. The van der Waals surface area contributed by atoms with E-state index in [4.69, 9.17) is 5.73 Å². The second-order valence-corrected chi connectivity index (χ2v) is 7.27. The van der Waals surface area contributed by atoms with E-state index >= 15 is 0 Å². The first kappa shape index (κ1) is 25.0. The number of hydrogen-bond acceptors (Lipinski definition) is 3. The molecule has 1 aliphatic heterocycles. The van der Waals surface area contributed by atoms with Gasteiger partial charge in [-0.1, -0.05) is 44.9 Å². The van der Waals surface area contributed by atoms with Crippen LogP contribution in [0.3, 0.4) is 0 Å². The molecular formula is C17H36BF4N3O. The molecule has 0 saturated heterocycles. The highest BCUT2D eigenvalue weighted by atomic mass is 19.5. The zero-order chi connectivity index (χ0) is 20.0. The van der Waals surface area contributed by atoms with E-state index in [1.165, 1.54) is 57.8 Å². The van der Waals surface area contributed by atoms with Gasteiger partial charge >= 0.3 is 13.2 Å². The van der Waals surface area contributed by atoms with E-state index in [0.29, 0.717) is 12.1 Å². The number of nitrogens with one attached hydrogen (secondary N) is 2. The van der Waals surface area contributed by atoms with E-state index in [2.05, 4.69) is 17.2 Å². The quantitative estimate of drug-likeness (QED) is 0.323. The van der Waals surface area contributed by atoms with Crippen molar-refractivity contribution in [2.45, 2.75) is 103 Å². The Balaban J connectivity index is 0.00000110. The van der Waals surface area contributed by atoms with E-state index < -0.39 is 7.25 Å². The van der Waals surface area contributed by atoms with Crippen LogP contribution in [0.15, 0.2) is 0 Å². The Morgan fingerprint density at radius 2 is 1.69 bits per heavy atom. The van der Waals surface area contributed by atoms with Gasteiger partial charge in [-0.25, -0.2) is 0 Å². The van der Waals surface area contributed by atoms with Gasteiger partial charge in [-0.15, -0.1) is 0 Å². The van der Waals surface area contributed by atoms with Crippen molar-refractivity contribution in [3.8, 4) is 0 Å². The molecule has 1 heterocycles. The number of nitrogens with two attached hydrogens (primary N) is 1. The van der Waals surface area contributed by atoms with Crippen molar-refractivity contribution in [2.24, 2.45) is 5.73 Å². The monoisotopic (exact) mass is 385 g/mol. The minimum atomic E-state index is -6.00. The van der Waals surface area contributed by atoms with Crippen LogP contribution in [-0.4, -0.2) is 36.5 Å². The number of unbranched alkanes of at least 4 members (excludes halogenated alkanes) is 2. The van der Waals surface area contributed by atoms with Crippen LogP contribution < -0.4 is 16.0 Å². The average molecular weight is 385 g/mol. The van der Waals surface area contributed by atoms with E-state index in [0.717, 1.165) is 18.8 Å². The van der Waals surface area contributed by atoms with Crippen LogP contribution in [0.4, 0.5) is 17.3 Å². The van der Waals surface area contributed by atoms with Crippen molar-refractivity contribution in [1.82, 2.24) is 5.32 Å². The van der Waals surface area contributed by atoms with Crippen molar-refractivity contribution < 1.29 is 27.4 Å². The first-order valence-corrected chi connectivity index (χ1v) is 9.78. The van der Waals surface area contributed by atoms with Crippen molar-refractivity contribution in [2.75, 3.05) is 0 Å². The Hall–Kier alpha value is -0.985. The highest BCUT2D eigenvalue weighted by molar-refractivity contribution is 6.50. The zero-order valence-electron chi connectivity index (χ0n) is 16.1. The van der Waals surface area contributed by atoms with Gasteiger partial charge in [0.2, 0.25) is 0 Å². The van der Waals surface area contributed by atoms with Crippen LogP contribution in [0.1, 0.15) is 84.5 Å². The summed E-state index contributed by atoms with van der Waals surface area (Å²) in [5.41, 5.74) is 6.09. The third-order valence-corrected chi connectivity index (χ3v) is 4.38. The predicted molar refractivity (Wildman–Crippen MR) is 99.2 cm³/mol. The molecule has 0 amide bonds. The Bertz CT molecular complexity index is 376. The summed E-state index contributed by atoms with van der Waals surface area (Å²) in [6.07, 6.45) is 13.2. The zero-order valence-corrected chi connectivity index (χ0v) is 16.1. The minimum absolute atomic E-state index is 0.157. The third kappa shape index (κ3) is 19.3. The summed E-state index contributed by atoms with van der Waals surface area (Å²) >= 11 is 0. The standard InChI is InChI=1S/C17H35N3O.BF4/c1-14-10-6-3-4-8-12-16(20-17(18)19-14)13-9-5-7-11-15(2)21;2-1(3,4)5/h14-16,21H,3-13H2,1-2H3,(H3,18,19,20);/q;-1/p+1/t14-,15?,16-;/m1./s1. The fourth-order valence-electron chi connectivity index (χ4n) is 3.09. The number of halogens is 4. The van der Waals surface area contributed by atoms with Crippen LogP contribution in [0.5, 0.6) is 0 Å². The molecule has 0 aromatic rings. The van der Waals surface area contributed by atoms with Gasteiger partial charge in [0.05, 0.1) is 18.2 Å². The normalized spacial score (nSPS) is 23.6. The lowest BCUT2D eigenvalue weighted by atomic mass is 10.0. The van der Waals surface area contributed by atoms with Crippen LogP contribution in [0.2, 0.25) is 0 Å². The maximum atomic E-state index is 9.75. The summed E-state index contributed by atoms with van der Waals surface area (Å²) in [5, 5.41) is 12.6. The highest BCUT2D eigenvalue weighted by Crippen LogP contribution is 2.12. The molecule has 0 bridgehead atoms. The van der Waals surface area contributed by atoms with Crippen molar-refractivity contribution in [3.63, 3.8) is 0 Å². The van der Waals surface area contributed by atoms with Gasteiger partial charge in [0.25, 0.3) is 0 Å². The molecule has 4 nitrogen and oxygen atoms in total. The Labute approximate surface area is 155 Å². The molecule has 3 atom stereocenters. The summed E-state index contributed by atoms with van der Waals surface area (Å²) in [7, 11) is -6.00. The molecule has 5 N–H and O–H groups in total. The van der Waals surface area contributed by atoms with Gasteiger partial charge in [0.15, 0.2) is 0 Å². The summed E-state index contributed by atoms with van der Waals surface area (Å²) < 4.78 is 39.0. The molecule has 26 heavy (non-hydrogen) atoms. The Kier molecular flexibility index (Phi) is 13.6. The van der Waals surface area contributed by atoms with Gasteiger partial charge in [-0.05, 0) is 39.5 Å². The minimum Gasteiger partial charge on any atom is -0.418 e. The van der Waals surface area contributed by atoms with E-state index in [1.54, 1.807) is 0 Å². The molecule has 1 rings (SSSR count). The van der Waals surface area contributed by atoms with Crippen molar-refractivity contribution in [1.29, 1.82) is 0 Å². The van der Waals surface area contributed by atoms with Crippen molar-refractivity contribution >= 4 is 13.2 Å². The van der Waals surface area contributed by atoms with Gasteiger partial charge in [-0.2, -0.15) is 0 Å². The number of aliphatic hydroxyl groups excluding tert-OH is 1. The molecule has 0 aromatic carbocycles. The fourth-order valence-corrected chi connectivity index (χ4v) is 3.09. The molecule has 0 spiro atoms. The molecule has 1 aliphatic rings. The first-order chi connectivity index (χ1) is 12.1. The van der Waals surface area contributed by atoms with Gasteiger partial charge in [-0.3, -0.25) is 16.0 Å². The smallest absolute Gasteiger partial charge is 0.418 e. The fraction of sp³-hybridized carbons (Fsp3) is 0.941. The molecule has 0 saturated carbocycles. The molecule has 156 valence electrons. The van der Waals surface area contributed by atoms with E-state index in [-0.39, 0.29) is 6.10 Å². The second kappa shape index (κ2) is 14.1. The molecule has 0 fully saturated rings. The van der Waals surface area contributed by atoms with Crippen LogP contribution in [0.25, 0.3) is 0 Å². The molecule has 0 radical (unpaired) electrons. The maximum Gasteiger partial charge on any atom is 0.673 e. The van der Waals surface area contributed by atoms with Gasteiger partial charge in [0.1, 0.15) is 0 Å². The van der Waals surface area contributed by atoms with Crippen LogP contribution in [0, 0.1) is 0 Å². The predicted octanol–water partition coefficient (Wildman–Crippen LogP) is 2.71. The number of aliphatic hydroxyl groups is 1. The van der Waals surface area contributed by atoms with Crippen LogP contribution in [-0.2, 0) is 0 Å². The molecule has 0 aliphatic carbocycles. The molecule has 1 unspecified atom stereocenters. The Morgan fingerprint density at radius 1 is 1.12 bits per heavy atom. The first-order valence-electron chi connectivity index (χ1n) is 9.78. The van der Waals surface area contributed by atoms with Gasteiger partial charge < -0.3 is 22.4 Å². The van der Waals surface area contributed by atoms with E-state index in [1.807, 2.05) is 6.92 Å². The van der Waals surface area contributed by atoms with Crippen molar-refractivity contribution in [3.05, 3.63) is 0 Å². The Morgan fingerprint density at radius 3 is 2.27 bits per heavy atom. The lowest BCUT2D eigenvalue weighted by Gasteiger charge is -2.13. The SMILES string of the molecule is CC(O)CCCCC[C@H]1CCCCCC[C@@H](C)NC(N)=[NH+]1.F[B-](F)(F)F. The number of hydrogen-bond donors (Lipinski definition) is 4. The van der Waals surface area contributed by atoms with Crippen LogP contribution >= 0.6 is 0 Å². The van der Waals surface area contributed by atoms with Gasteiger partial charge in [0, 0.05) is 0 Å². The lowest BCUT2D eigenvalue weighted by molar-refractivity contribution is -0.508. The summed E-state index contributed by atoms with van der Waals surface area (Å²) in [6, 6.07) is 0.955. The largest absolute Gasteiger partial charge is 0.673 e. The lowest BCUT2D eigenvalue weighted by Crippen LogP contribution is -2.84. The summed E-state index contributed by atoms with van der Waals surface area (Å²) in [5.74, 6) is 0.749. The third-order valence-electron chi connectivity index (χ3n) is 4.38.